The van der Waals surface area contributed by atoms with Crippen LogP contribution in [-0.4, -0.2) is 52.8 Å². The molecule has 1 atom stereocenters. The maximum absolute atomic E-state index is 12.4. The molecule has 0 rings (SSSR count). The van der Waals surface area contributed by atoms with Crippen LogP contribution in [0.4, 0.5) is 0 Å². The Balaban J connectivity index is 4.02. The number of rotatable bonds is 37. The lowest BCUT2D eigenvalue weighted by atomic mass is 10.0. The molecule has 0 aromatic heterocycles. The minimum atomic E-state index is -4.77. The molecule has 0 bridgehead atoms. The minimum Gasteiger partial charge on any atom is -0.462 e. The standard InChI is InChI=1S/C41H73O9P/c1-2-3-4-5-6-7-8-9-13-17-20-23-26-29-32-35-41(44)50-39(38-49-51(45,46)47)37-48-40(43)34-31-28-25-22-19-16-14-11-10-12-15-18-21-24-27-30-33-36-42/h10,12,14,16,18,21-22,25,39,42H,2-9,11,13,15,17,19-20,23-24,26-38H2,1H3,(H2,45,46,47)/b12-10-,16-14-,21-18-,25-22-/t39-/m1/s1. The summed E-state index contributed by atoms with van der Waals surface area (Å²) in [5.41, 5.74) is 0. The van der Waals surface area contributed by atoms with Gasteiger partial charge in [-0.1, -0.05) is 152 Å². The Morgan fingerprint density at radius 1 is 0.549 bits per heavy atom. The van der Waals surface area contributed by atoms with E-state index in [4.69, 9.17) is 24.4 Å². The van der Waals surface area contributed by atoms with Crippen LogP contribution in [0.3, 0.4) is 0 Å². The smallest absolute Gasteiger partial charge is 0.462 e. The summed E-state index contributed by atoms with van der Waals surface area (Å²) in [6.45, 7) is 1.65. The van der Waals surface area contributed by atoms with Crippen molar-refractivity contribution in [2.75, 3.05) is 19.8 Å². The van der Waals surface area contributed by atoms with Crippen molar-refractivity contribution in [2.24, 2.45) is 0 Å². The van der Waals surface area contributed by atoms with E-state index < -0.39 is 32.5 Å². The second-order valence-corrected chi connectivity index (χ2v) is 14.6. The number of hydrogen-bond acceptors (Lipinski definition) is 7. The van der Waals surface area contributed by atoms with Gasteiger partial charge in [0, 0.05) is 19.4 Å². The number of esters is 2. The van der Waals surface area contributed by atoms with E-state index >= 15 is 0 Å². The highest BCUT2D eigenvalue weighted by molar-refractivity contribution is 7.46. The molecule has 51 heavy (non-hydrogen) atoms. The zero-order valence-corrected chi connectivity index (χ0v) is 32.8. The number of phosphoric acid groups is 1. The van der Waals surface area contributed by atoms with Crippen LogP contribution in [0.15, 0.2) is 48.6 Å². The van der Waals surface area contributed by atoms with E-state index in [-0.39, 0.29) is 26.1 Å². The molecule has 3 N–H and O–H groups in total. The van der Waals surface area contributed by atoms with Gasteiger partial charge in [0.05, 0.1) is 6.61 Å². The predicted octanol–water partition coefficient (Wildman–Crippen LogP) is 10.9. The number of aliphatic hydroxyl groups is 1. The molecule has 0 aromatic rings. The summed E-state index contributed by atoms with van der Waals surface area (Å²) in [5, 5.41) is 8.77. The van der Waals surface area contributed by atoms with Gasteiger partial charge >= 0.3 is 19.8 Å². The Hall–Kier alpha value is -2.03. The van der Waals surface area contributed by atoms with E-state index in [0.29, 0.717) is 19.3 Å². The fraction of sp³-hybridized carbons (Fsp3) is 0.756. The van der Waals surface area contributed by atoms with Crippen molar-refractivity contribution in [3.8, 4) is 0 Å². The topological polar surface area (TPSA) is 140 Å². The van der Waals surface area contributed by atoms with Crippen molar-refractivity contribution in [2.45, 2.75) is 180 Å². The highest BCUT2D eigenvalue weighted by Crippen LogP contribution is 2.36. The molecule has 0 radical (unpaired) electrons. The Bertz CT molecular complexity index is 970. The van der Waals surface area contributed by atoms with Crippen LogP contribution in [0.2, 0.25) is 0 Å². The van der Waals surface area contributed by atoms with Crippen molar-refractivity contribution >= 4 is 19.8 Å². The van der Waals surface area contributed by atoms with E-state index in [2.05, 4.69) is 54.0 Å². The summed E-state index contributed by atoms with van der Waals surface area (Å²) < 4.78 is 26.3. The molecule has 0 spiro atoms. The number of ether oxygens (including phenoxy) is 2. The molecule has 0 aliphatic carbocycles. The van der Waals surface area contributed by atoms with Crippen molar-refractivity contribution < 1.29 is 43.0 Å². The molecule has 0 fully saturated rings. The van der Waals surface area contributed by atoms with E-state index in [1.807, 2.05) is 6.08 Å². The summed E-state index contributed by atoms with van der Waals surface area (Å²) in [7, 11) is -4.77. The van der Waals surface area contributed by atoms with Crippen LogP contribution in [-0.2, 0) is 28.2 Å². The van der Waals surface area contributed by atoms with E-state index in [0.717, 1.165) is 64.2 Å². The molecule has 0 unspecified atom stereocenters. The highest BCUT2D eigenvalue weighted by Gasteiger charge is 2.22. The quantitative estimate of drug-likeness (QED) is 0.0246. The zero-order chi connectivity index (χ0) is 37.5. The number of phosphoric ester groups is 1. The first-order valence-corrected chi connectivity index (χ1v) is 21.6. The van der Waals surface area contributed by atoms with Crippen LogP contribution in [0.1, 0.15) is 174 Å². The molecule has 10 heteroatoms. The molecule has 0 amide bonds. The van der Waals surface area contributed by atoms with Crippen molar-refractivity contribution in [3.63, 3.8) is 0 Å². The van der Waals surface area contributed by atoms with Gasteiger partial charge in [0.1, 0.15) is 6.61 Å². The number of aliphatic hydroxyl groups excluding tert-OH is 1. The van der Waals surface area contributed by atoms with Crippen molar-refractivity contribution in [1.82, 2.24) is 0 Å². The third-order valence-corrected chi connectivity index (χ3v) is 8.89. The van der Waals surface area contributed by atoms with Crippen LogP contribution in [0, 0.1) is 0 Å². The second-order valence-electron chi connectivity index (χ2n) is 13.3. The fourth-order valence-corrected chi connectivity index (χ4v) is 5.76. The predicted molar refractivity (Wildman–Crippen MR) is 208 cm³/mol. The zero-order valence-electron chi connectivity index (χ0n) is 31.9. The van der Waals surface area contributed by atoms with Gasteiger partial charge in [0.2, 0.25) is 0 Å². The lowest BCUT2D eigenvalue weighted by Gasteiger charge is -2.18. The maximum Gasteiger partial charge on any atom is 0.469 e. The van der Waals surface area contributed by atoms with Gasteiger partial charge < -0.3 is 24.4 Å². The van der Waals surface area contributed by atoms with Gasteiger partial charge in [-0.2, -0.15) is 0 Å². The van der Waals surface area contributed by atoms with Crippen LogP contribution < -0.4 is 0 Å². The lowest BCUT2D eigenvalue weighted by molar-refractivity contribution is -0.161. The Morgan fingerprint density at radius 3 is 1.47 bits per heavy atom. The molecule has 296 valence electrons. The van der Waals surface area contributed by atoms with Crippen molar-refractivity contribution in [3.05, 3.63) is 48.6 Å². The number of carbonyl (C=O) groups excluding carboxylic acids is 2. The van der Waals surface area contributed by atoms with Gasteiger partial charge in [0.15, 0.2) is 6.10 Å². The first kappa shape index (κ1) is 49.0. The van der Waals surface area contributed by atoms with Gasteiger partial charge in [-0.05, 0) is 57.8 Å². The molecule has 0 heterocycles. The van der Waals surface area contributed by atoms with Gasteiger partial charge in [0.25, 0.3) is 0 Å². The summed E-state index contributed by atoms with van der Waals surface area (Å²) in [6, 6.07) is 0. The molecule has 0 aromatic carbocycles. The molecule has 9 nitrogen and oxygen atoms in total. The molecule has 0 aliphatic heterocycles. The van der Waals surface area contributed by atoms with Crippen molar-refractivity contribution in [1.29, 1.82) is 0 Å². The molecule has 0 aliphatic rings. The first-order chi connectivity index (χ1) is 24.8. The van der Waals surface area contributed by atoms with Gasteiger partial charge in [-0.3, -0.25) is 14.1 Å². The number of allylic oxidation sites excluding steroid dienone is 8. The molecule has 0 saturated carbocycles. The summed E-state index contributed by atoms with van der Waals surface area (Å²) >= 11 is 0. The first-order valence-electron chi connectivity index (χ1n) is 20.0. The number of hydrogen-bond donors (Lipinski definition) is 3. The van der Waals surface area contributed by atoms with E-state index in [1.165, 1.54) is 70.6 Å². The Labute approximate surface area is 310 Å². The van der Waals surface area contributed by atoms with E-state index in [9.17, 15) is 14.2 Å². The average molecular weight is 741 g/mol. The third-order valence-electron chi connectivity index (χ3n) is 8.41. The second kappa shape index (κ2) is 37.7. The molecular weight excluding hydrogens is 667 g/mol. The minimum absolute atomic E-state index is 0.182. The van der Waals surface area contributed by atoms with Gasteiger partial charge in [-0.15, -0.1) is 0 Å². The van der Waals surface area contributed by atoms with Crippen LogP contribution in [0.25, 0.3) is 0 Å². The number of carbonyl (C=O) groups is 2. The maximum atomic E-state index is 12.4. The van der Waals surface area contributed by atoms with Crippen LogP contribution >= 0.6 is 7.82 Å². The van der Waals surface area contributed by atoms with Gasteiger partial charge in [-0.25, -0.2) is 4.57 Å². The van der Waals surface area contributed by atoms with Crippen LogP contribution in [0.5, 0.6) is 0 Å². The molecular formula is C41H73O9P. The monoisotopic (exact) mass is 740 g/mol. The summed E-state index contributed by atoms with van der Waals surface area (Å²) in [6.07, 6.45) is 42.8. The average Bonchev–Trinajstić information content (AvgIpc) is 3.10. The van der Waals surface area contributed by atoms with E-state index in [1.54, 1.807) is 0 Å². The fourth-order valence-electron chi connectivity index (χ4n) is 5.40. The highest BCUT2D eigenvalue weighted by atomic mass is 31.2. The normalized spacial score (nSPS) is 12.9. The molecule has 0 saturated heterocycles. The largest absolute Gasteiger partial charge is 0.469 e. The lowest BCUT2D eigenvalue weighted by Crippen LogP contribution is -2.29. The summed E-state index contributed by atoms with van der Waals surface area (Å²) in [4.78, 5) is 42.7. The Kier molecular flexibility index (Phi) is 36.2. The third kappa shape index (κ3) is 40.6. The summed E-state index contributed by atoms with van der Waals surface area (Å²) in [5.74, 6) is -0.962. The Morgan fingerprint density at radius 2 is 0.980 bits per heavy atom. The SMILES string of the molecule is CCCCCCCCCCCCCCCCCC(=O)O[C@H](COC(=O)CCC/C=C\C/C=C\C/C=C\C/C=C\CCCCCO)COP(=O)(O)O. The number of unbranched alkanes of at least 4 members (excludes halogenated alkanes) is 18.